The zero-order valence-corrected chi connectivity index (χ0v) is 11.9. The van der Waals surface area contributed by atoms with E-state index in [1.165, 1.54) is 10.4 Å². The van der Waals surface area contributed by atoms with Gasteiger partial charge >= 0.3 is 5.97 Å². The van der Waals surface area contributed by atoms with Crippen LogP contribution in [0.5, 0.6) is 0 Å². The number of carboxylic acids is 1. The lowest BCUT2D eigenvalue weighted by Crippen LogP contribution is -2.50. The number of hydrogen-bond donors (Lipinski definition) is 1. The van der Waals surface area contributed by atoms with E-state index >= 15 is 0 Å². The molecule has 1 fully saturated rings. The molecule has 0 atom stereocenters. The molecule has 0 saturated carbocycles. The molecule has 0 spiro atoms. The summed E-state index contributed by atoms with van der Waals surface area (Å²) in [4.78, 5) is 10.7. The predicted molar refractivity (Wildman–Crippen MR) is 70.7 cm³/mol. The summed E-state index contributed by atoms with van der Waals surface area (Å²) in [5.74, 6) is -1.01. The fourth-order valence-electron chi connectivity index (χ4n) is 2.10. The average Bonchev–Trinajstić information content (AvgIpc) is 2.26. The lowest BCUT2D eigenvalue weighted by molar-refractivity contribution is -0.139. The molecule has 7 heteroatoms. The standard InChI is InChI=1S/C12H14ClNO4S/c1-8-10(13)3-2-4-11(8)19(17,18)14-6-9(7-14)5-12(15)16/h2-4,9H,5-7H2,1H3,(H,15,16). The Morgan fingerprint density at radius 2 is 2.11 bits per heavy atom. The molecule has 0 radical (unpaired) electrons. The minimum absolute atomic E-state index is 0.000544. The molecule has 1 aromatic carbocycles. The van der Waals surface area contributed by atoms with E-state index < -0.39 is 16.0 Å². The van der Waals surface area contributed by atoms with E-state index in [-0.39, 0.29) is 30.3 Å². The van der Waals surface area contributed by atoms with Gasteiger partial charge in [-0.1, -0.05) is 17.7 Å². The van der Waals surface area contributed by atoms with Gasteiger partial charge in [0.25, 0.3) is 0 Å². The molecule has 0 amide bonds. The van der Waals surface area contributed by atoms with Crippen LogP contribution in [0.2, 0.25) is 5.02 Å². The second-order valence-electron chi connectivity index (χ2n) is 4.65. The Labute approximate surface area is 116 Å². The van der Waals surface area contributed by atoms with Gasteiger partial charge in [0.15, 0.2) is 0 Å². The van der Waals surface area contributed by atoms with E-state index in [0.717, 1.165) is 0 Å². The van der Waals surface area contributed by atoms with Crippen LogP contribution in [0.15, 0.2) is 23.1 Å². The van der Waals surface area contributed by atoms with Crippen molar-refractivity contribution in [1.82, 2.24) is 4.31 Å². The summed E-state index contributed by atoms with van der Waals surface area (Å²) in [6, 6.07) is 4.75. The molecule has 19 heavy (non-hydrogen) atoms. The van der Waals surface area contributed by atoms with E-state index in [9.17, 15) is 13.2 Å². The molecule has 0 aliphatic carbocycles. The highest BCUT2D eigenvalue weighted by atomic mass is 35.5. The van der Waals surface area contributed by atoms with Crippen molar-refractivity contribution in [1.29, 1.82) is 0 Å². The van der Waals surface area contributed by atoms with Gasteiger partial charge in [0.1, 0.15) is 0 Å². The van der Waals surface area contributed by atoms with Gasteiger partial charge in [0.2, 0.25) is 10.0 Å². The molecule has 1 N–H and O–H groups in total. The first-order chi connectivity index (χ1) is 8.82. The molecule has 1 aliphatic heterocycles. The lowest BCUT2D eigenvalue weighted by Gasteiger charge is -2.37. The van der Waals surface area contributed by atoms with Gasteiger partial charge in [-0.25, -0.2) is 8.42 Å². The van der Waals surface area contributed by atoms with Crippen LogP contribution in [0.4, 0.5) is 0 Å². The first-order valence-corrected chi connectivity index (χ1v) is 7.61. The van der Waals surface area contributed by atoms with Crippen LogP contribution in [0.25, 0.3) is 0 Å². The first-order valence-electron chi connectivity index (χ1n) is 5.79. The van der Waals surface area contributed by atoms with E-state index in [0.29, 0.717) is 10.6 Å². The lowest BCUT2D eigenvalue weighted by atomic mass is 10.00. The molecular formula is C12H14ClNO4S. The molecule has 1 saturated heterocycles. The van der Waals surface area contributed by atoms with Gasteiger partial charge in [-0.2, -0.15) is 4.31 Å². The predicted octanol–water partition coefficient (Wildman–Crippen LogP) is 1.74. The van der Waals surface area contributed by atoms with Crippen molar-refractivity contribution >= 4 is 27.6 Å². The molecule has 1 aliphatic rings. The highest BCUT2D eigenvalue weighted by molar-refractivity contribution is 7.89. The normalized spacial score (nSPS) is 17.2. The molecule has 0 bridgehead atoms. The Balaban J connectivity index is 2.17. The maximum absolute atomic E-state index is 12.3. The minimum Gasteiger partial charge on any atom is -0.481 e. The van der Waals surface area contributed by atoms with Crippen molar-refractivity contribution in [3.8, 4) is 0 Å². The third-order valence-corrected chi connectivity index (χ3v) is 5.61. The summed E-state index contributed by atoms with van der Waals surface area (Å²) in [5, 5.41) is 9.06. The van der Waals surface area contributed by atoms with Crippen molar-refractivity contribution < 1.29 is 18.3 Å². The molecule has 0 unspecified atom stereocenters. The Hall–Kier alpha value is -1.11. The van der Waals surface area contributed by atoms with E-state index in [4.69, 9.17) is 16.7 Å². The van der Waals surface area contributed by atoms with Crippen molar-refractivity contribution in [2.24, 2.45) is 5.92 Å². The molecular weight excluding hydrogens is 290 g/mol. The zero-order valence-electron chi connectivity index (χ0n) is 10.3. The summed E-state index contributed by atoms with van der Waals surface area (Å²) < 4.78 is 26.0. The van der Waals surface area contributed by atoms with Gasteiger partial charge < -0.3 is 5.11 Å². The summed E-state index contributed by atoms with van der Waals surface area (Å²) >= 11 is 5.92. The SMILES string of the molecule is Cc1c(Cl)cccc1S(=O)(=O)N1CC(CC(=O)O)C1. The van der Waals surface area contributed by atoms with E-state index in [2.05, 4.69) is 0 Å². The maximum atomic E-state index is 12.3. The number of rotatable bonds is 4. The van der Waals surface area contributed by atoms with Crippen molar-refractivity contribution in [2.75, 3.05) is 13.1 Å². The number of carboxylic acid groups (broad SMARTS) is 1. The van der Waals surface area contributed by atoms with Gasteiger partial charge in [0, 0.05) is 18.1 Å². The second-order valence-corrected chi connectivity index (χ2v) is 6.96. The van der Waals surface area contributed by atoms with Crippen molar-refractivity contribution in [2.45, 2.75) is 18.2 Å². The Kier molecular flexibility index (Phi) is 3.85. The van der Waals surface area contributed by atoms with Crippen LogP contribution in [0.1, 0.15) is 12.0 Å². The van der Waals surface area contributed by atoms with Gasteiger partial charge in [-0.05, 0) is 30.5 Å². The van der Waals surface area contributed by atoms with E-state index in [1.54, 1.807) is 19.1 Å². The smallest absolute Gasteiger partial charge is 0.303 e. The number of hydrogen-bond acceptors (Lipinski definition) is 3. The highest BCUT2D eigenvalue weighted by Gasteiger charge is 2.38. The Bertz CT molecular complexity index is 608. The van der Waals surface area contributed by atoms with Crippen LogP contribution in [0, 0.1) is 12.8 Å². The minimum atomic E-state index is -3.57. The van der Waals surface area contributed by atoms with Crippen LogP contribution in [-0.4, -0.2) is 36.9 Å². The zero-order chi connectivity index (χ0) is 14.2. The quantitative estimate of drug-likeness (QED) is 0.919. The summed E-state index contributed by atoms with van der Waals surface area (Å²) in [6.45, 7) is 2.16. The number of nitrogens with zero attached hydrogens (tertiary/aromatic N) is 1. The number of benzene rings is 1. The van der Waals surface area contributed by atoms with Gasteiger partial charge in [-0.3, -0.25) is 4.79 Å². The molecule has 1 aromatic rings. The summed E-state index contributed by atoms with van der Waals surface area (Å²) in [7, 11) is -3.57. The Morgan fingerprint density at radius 1 is 1.47 bits per heavy atom. The largest absolute Gasteiger partial charge is 0.481 e. The van der Waals surface area contributed by atoms with E-state index in [1.807, 2.05) is 0 Å². The third kappa shape index (κ3) is 2.75. The number of halogens is 1. The van der Waals surface area contributed by atoms with Gasteiger partial charge in [0.05, 0.1) is 11.3 Å². The first kappa shape index (κ1) is 14.3. The average molecular weight is 304 g/mol. The number of carbonyl (C=O) groups is 1. The molecule has 5 nitrogen and oxygen atoms in total. The fourth-order valence-corrected chi connectivity index (χ4v) is 4.17. The number of sulfonamides is 1. The fraction of sp³-hybridized carbons (Fsp3) is 0.417. The van der Waals surface area contributed by atoms with Crippen molar-refractivity contribution in [3.05, 3.63) is 28.8 Å². The summed E-state index contributed by atoms with van der Waals surface area (Å²) in [5.41, 5.74) is 0.519. The van der Waals surface area contributed by atoms with Crippen LogP contribution in [0.3, 0.4) is 0 Å². The molecule has 0 aromatic heterocycles. The number of aliphatic carboxylic acids is 1. The molecule has 1 heterocycles. The highest BCUT2D eigenvalue weighted by Crippen LogP contribution is 2.30. The maximum Gasteiger partial charge on any atom is 0.303 e. The van der Waals surface area contributed by atoms with Crippen molar-refractivity contribution in [3.63, 3.8) is 0 Å². The van der Waals surface area contributed by atoms with Crippen LogP contribution < -0.4 is 0 Å². The van der Waals surface area contributed by atoms with Crippen LogP contribution in [-0.2, 0) is 14.8 Å². The summed E-state index contributed by atoms with van der Waals surface area (Å²) in [6.07, 6.45) is 0.000544. The van der Waals surface area contributed by atoms with Crippen LogP contribution >= 0.6 is 11.6 Å². The molecule has 2 rings (SSSR count). The molecule has 104 valence electrons. The van der Waals surface area contributed by atoms with Gasteiger partial charge in [-0.15, -0.1) is 0 Å². The monoisotopic (exact) mass is 303 g/mol. The second kappa shape index (κ2) is 5.11. The third-order valence-electron chi connectivity index (χ3n) is 3.22. The topological polar surface area (TPSA) is 74.7 Å². The Morgan fingerprint density at radius 3 is 2.68 bits per heavy atom.